The van der Waals surface area contributed by atoms with E-state index in [0.29, 0.717) is 24.6 Å². The number of carbonyl (C=O) groups excluding carboxylic acids is 2. The van der Waals surface area contributed by atoms with E-state index in [0.717, 1.165) is 19.5 Å². The molecular formula is C13H19N3O2S. The fourth-order valence-corrected chi connectivity index (χ4v) is 2.76. The molecule has 0 spiro atoms. The largest absolute Gasteiger partial charge is 0.351 e. The zero-order valence-electron chi connectivity index (χ0n) is 11.0. The molecule has 1 unspecified atom stereocenters. The first-order valence-corrected chi connectivity index (χ1v) is 7.39. The van der Waals surface area contributed by atoms with Gasteiger partial charge >= 0.3 is 0 Å². The van der Waals surface area contributed by atoms with Gasteiger partial charge in [0.1, 0.15) is 0 Å². The van der Waals surface area contributed by atoms with Crippen LogP contribution in [0, 0.1) is 0 Å². The Morgan fingerprint density at radius 3 is 3.05 bits per heavy atom. The van der Waals surface area contributed by atoms with Crippen LogP contribution < -0.4 is 10.6 Å². The van der Waals surface area contributed by atoms with Crippen molar-refractivity contribution in [1.29, 1.82) is 0 Å². The Bertz CT molecular complexity index is 427. The van der Waals surface area contributed by atoms with E-state index < -0.39 is 0 Å². The molecule has 104 valence electrons. The van der Waals surface area contributed by atoms with Gasteiger partial charge in [-0.1, -0.05) is 0 Å². The highest BCUT2D eigenvalue weighted by molar-refractivity contribution is 7.08. The van der Waals surface area contributed by atoms with Crippen LogP contribution in [0.15, 0.2) is 16.8 Å². The molecule has 2 rings (SSSR count). The fourth-order valence-electron chi connectivity index (χ4n) is 2.13. The van der Waals surface area contributed by atoms with Crippen LogP contribution >= 0.6 is 11.3 Å². The van der Waals surface area contributed by atoms with E-state index in [9.17, 15) is 9.59 Å². The first-order valence-electron chi connectivity index (χ1n) is 6.45. The molecule has 1 aliphatic rings. The van der Waals surface area contributed by atoms with E-state index in [1.54, 1.807) is 16.3 Å². The van der Waals surface area contributed by atoms with Crippen molar-refractivity contribution in [3.8, 4) is 0 Å². The second kappa shape index (κ2) is 6.68. The van der Waals surface area contributed by atoms with E-state index in [1.165, 1.54) is 11.3 Å². The standard InChI is InChI=1S/C13H19N3O2S/c1-16(11-2-5-14-8-11)12(17)3-6-15-13(18)10-4-7-19-9-10/h4,7,9,11,14H,2-3,5-6,8H2,1H3,(H,15,18). The van der Waals surface area contributed by atoms with Gasteiger partial charge in [0.2, 0.25) is 5.91 Å². The van der Waals surface area contributed by atoms with Crippen LogP contribution in [0.5, 0.6) is 0 Å². The quantitative estimate of drug-likeness (QED) is 0.835. The predicted molar refractivity (Wildman–Crippen MR) is 75.3 cm³/mol. The van der Waals surface area contributed by atoms with Gasteiger partial charge in [-0.05, 0) is 24.4 Å². The van der Waals surface area contributed by atoms with Crippen molar-refractivity contribution in [1.82, 2.24) is 15.5 Å². The summed E-state index contributed by atoms with van der Waals surface area (Å²) >= 11 is 1.49. The van der Waals surface area contributed by atoms with Crippen LogP contribution in [0.3, 0.4) is 0 Å². The van der Waals surface area contributed by atoms with Gasteiger partial charge in [-0.15, -0.1) is 0 Å². The molecule has 2 amide bonds. The molecular weight excluding hydrogens is 262 g/mol. The van der Waals surface area contributed by atoms with Crippen molar-refractivity contribution in [2.24, 2.45) is 0 Å². The third kappa shape index (κ3) is 3.78. The molecule has 1 fully saturated rings. The molecule has 0 aliphatic carbocycles. The molecule has 6 heteroatoms. The lowest BCUT2D eigenvalue weighted by Crippen LogP contribution is -2.40. The number of hydrogen-bond acceptors (Lipinski definition) is 4. The molecule has 19 heavy (non-hydrogen) atoms. The number of nitrogens with one attached hydrogen (secondary N) is 2. The molecule has 1 saturated heterocycles. The second-order valence-electron chi connectivity index (χ2n) is 4.67. The number of thiophene rings is 1. The second-order valence-corrected chi connectivity index (χ2v) is 5.45. The third-order valence-electron chi connectivity index (χ3n) is 3.38. The van der Waals surface area contributed by atoms with Gasteiger partial charge in [-0.3, -0.25) is 9.59 Å². The maximum Gasteiger partial charge on any atom is 0.252 e. The van der Waals surface area contributed by atoms with E-state index >= 15 is 0 Å². The zero-order chi connectivity index (χ0) is 13.7. The van der Waals surface area contributed by atoms with Crippen molar-refractivity contribution in [2.75, 3.05) is 26.7 Å². The van der Waals surface area contributed by atoms with Crippen LogP contribution in [0.4, 0.5) is 0 Å². The summed E-state index contributed by atoms with van der Waals surface area (Å²) in [5.74, 6) is -0.0291. The number of nitrogens with zero attached hydrogens (tertiary/aromatic N) is 1. The lowest BCUT2D eigenvalue weighted by Gasteiger charge is -2.23. The Balaban J connectivity index is 1.70. The molecule has 5 nitrogen and oxygen atoms in total. The Hall–Kier alpha value is -1.40. The lowest BCUT2D eigenvalue weighted by molar-refractivity contribution is -0.131. The maximum absolute atomic E-state index is 11.9. The average Bonchev–Trinajstić information content (AvgIpc) is 3.10. The fraction of sp³-hybridized carbons (Fsp3) is 0.538. The Morgan fingerprint density at radius 1 is 1.58 bits per heavy atom. The third-order valence-corrected chi connectivity index (χ3v) is 4.07. The summed E-state index contributed by atoms with van der Waals surface area (Å²) in [5.41, 5.74) is 0.658. The SMILES string of the molecule is CN(C(=O)CCNC(=O)c1ccsc1)C1CCNC1. The molecule has 1 atom stereocenters. The summed E-state index contributed by atoms with van der Waals surface area (Å²) in [4.78, 5) is 25.4. The van der Waals surface area contributed by atoms with Gasteiger partial charge in [0.05, 0.1) is 0 Å². The smallest absolute Gasteiger partial charge is 0.252 e. The summed E-state index contributed by atoms with van der Waals surface area (Å²) in [6, 6.07) is 2.07. The monoisotopic (exact) mass is 281 g/mol. The highest BCUT2D eigenvalue weighted by Gasteiger charge is 2.22. The van der Waals surface area contributed by atoms with Crippen LogP contribution in [-0.4, -0.2) is 49.4 Å². The highest BCUT2D eigenvalue weighted by atomic mass is 32.1. The molecule has 0 bridgehead atoms. The minimum atomic E-state index is -0.112. The van der Waals surface area contributed by atoms with Gasteiger partial charge in [0.25, 0.3) is 5.91 Å². The number of rotatable bonds is 5. The number of likely N-dealkylation sites (N-methyl/N-ethyl adjacent to an activating group) is 1. The summed E-state index contributed by atoms with van der Waals surface area (Å²) in [6.07, 6.45) is 1.35. The number of amides is 2. The van der Waals surface area contributed by atoms with E-state index in [2.05, 4.69) is 10.6 Å². The van der Waals surface area contributed by atoms with Crippen LogP contribution in [-0.2, 0) is 4.79 Å². The predicted octanol–water partition coefficient (Wildman–Crippen LogP) is 0.688. The minimum absolute atomic E-state index is 0.0827. The van der Waals surface area contributed by atoms with Crippen LogP contribution in [0.1, 0.15) is 23.2 Å². The van der Waals surface area contributed by atoms with E-state index in [-0.39, 0.29) is 11.8 Å². The van der Waals surface area contributed by atoms with Gasteiger partial charge in [0, 0.05) is 43.5 Å². The Kier molecular flexibility index (Phi) is 4.93. The summed E-state index contributed by atoms with van der Waals surface area (Å²) in [6.45, 7) is 2.22. The first-order chi connectivity index (χ1) is 9.18. The molecule has 0 aromatic carbocycles. The summed E-state index contributed by atoms with van der Waals surface area (Å²) in [5, 5.41) is 9.67. The first kappa shape index (κ1) is 14.0. The Labute approximate surface area is 117 Å². The van der Waals surface area contributed by atoms with Crippen LogP contribution in [0.2, 0.25) is 0 Å². The zero-order valence-corrected chi connectivity index (χ0v) is 11.8. The lowest BCUT2D eigenvalue weighted by atomic mass is 10.2. The van der Waals surface area contributed by atoms with E-state index in [4.69, 9.17) is 0 Å². The molecule has 1 aromatic rings. The van der Waals surface area contributed by atoms with Crippen LogP contribution in [0.25, 0.3) is 0 Å². The van der Waals surface area contributed by atoms with Gasteiger partial charge in [-0.2, -0.15) is 11.3 Å². The van der Waals surface area contributed by atoms with Crippen molar-refractivity contribution in [3.05, 3.63) is 22.4 Å². The summed E-state index contributed by atoms with van der Waals surface area (Å²) < 4.78 is 0. The molecule has 0 saturated carbocycles. The normalized spacial score (nSPS) is 18.3. The number of carbonyl (C=O) groups is 2. The van der Waals surface area contributed by atoms with E-state index in [1.807, 2.05) is 12.4 Å². The van der Waals surface area contributed by atoms with Crippen molar-refractivity contribution < 1.29 is 9.59 Å². The topological polar surface area (TPSA) is 61.4 Å². The maximum atomic E-state index is 11.9. The highest BCUT2D eigenvalue weighted by Crippen LogP contribution is 2.08. The van der Waals surface area contributed by atoms with Gasteiger partial charge in [0.15, 0.2) is 0 Å². The molecule has 0 radical (unpaired) electrons. The number of hydrogen-bond donors (Lipinski definition) is 2. The van der Waals surface area contributed by atoms with Crippen molar-refractivity contribution in [2.45, 2.75) is 18.9 Å². The van der Waals surface area contributed by atoms with Gasteiger partial charge in [-0.25, -0.2) is 0 Å². The summed E-state index contributed by atoms with van der Waals surface area (Å²) in [7, 11) is 1.83. The Morgan fingerprint density at radius 2 is 2.42 bits per heavy atom. The molecule has 1 aliphatic heterocycles. The molecule has 2 N–H and O–H groups in total. The molecule has 2 heterocycles. The van der Waals surface area contributed by atoms with Crippen molar-refractivity contribution >= 4 is 23.2 Å². The van der Waals surface area contributed by atoms with Gasteiger partial charge < -0.3 is 15.5 Å². The minimum Gasteiger partial charge on any atom is -0.351 e. The molecule has 1 aromatic heterocycles. The van der Waals surface area contributed by atoms with Crippen molar-refractivity contribution in [3.63, 3.8) is 0 Å². The average molecular weight is 281 g/mol.